The van der Waals surface area contributed by atoms with E-state index in [4.69, 9.17) is 0 Å². The fourth-order valence-electron chi connectivity index (χ4n) is 2.89. The van der Waals surface area contributed by atoms with Gasteiger partial charge in [-0.2, -0.15) is 4.57 Å². The second kappa shape index (κ2) is 5.04. The molecule has 2 unspecified atom stereocenters. The van der Waals surface area contributed by atoms with Gasteiger partial charge in [0.2, 0.25) is 5.52 Å². The highest BCUT2D eigenvalue weighted by atomic mass is 32.2. The van der Waals surface area contributed by atoms with Crippen LogP contribution in [0.25, 0.3) is 16.3 Å². The van der Waals surface area contributed by atoms with E-state index in [2.05, 4.69) is 78.2 Å². The zero-order valence-electron chi connectivity index (χ0n) is 12.1. The van der Waals surface area contributed by atoms with Crippen LogP contribution in [0.15, 0.2) is 53.6 Å². The Morgan fingerprint density at radius 2 is 2.00 bits per heavy atom. The van der Waals surface area contributed by atoms with E-state index in [0.29, 0.717) is 11.3 Å². The summed E-state index contributed by atoms with van der Waals surface area (Å²) in [7, 11) is 4.35. The third-order valence-electron chi connectivity index (χ3n) is 4.13. The van der Waals surface area contributed by atoms with Gasteiger partial charge < -0.3 is 4.90 Å². The maximum atomic E-state index is 2.39. The summed E-state index contributed by atoms with van der Waals surface area (Å²) in [6, 6.07) is 9.08. The maximum Gasteiger partial charge on any atom is 0.265 e. The number of aryl methyl sites for hydroxylation is 1. The van der Waals surface area contributed by atoms with E-state index in [-0.39, 0.29) is 0 Å². The van der Waals surface area contributed by atoms with Gasteiger partial charge in [-0.15, -0.1) is 0 Å². The lowest BCUT2D eigenvalue weighted by atomic mass is 10.1. The number of thioether (sulfide) groups is 1. The van der Waals surface area contributed by atoms with Crippen molar-refractivity contribution in [3.63, 3.8) is 0 Å². The highest BCUT2D eigenvalue weighted by Gasteiger charge is 2.34. The zero-order chi connectivity index (χ0) is 14.4. The van der Waals surface area contributed by atoms with E-state index in [1.54, 1.807) is 0 Å². The number of hydrogen-bond acceptors (Lipinski definition) is 3. The van der Waals surface area contributed by atoms with Crippen molar-refractivity contribution in [2.45, 2.75) is 11.3 Å². The van der Waals surface area contributed by atoms with Crippen molar-refractivity contribution in [3.05, 3.63) is 58.6 Å². The van der Waals surface area contributed by atoms with Crippen molar-refractivity contribution in [1.29, 1.82) is 0 Å². The minimum absolute atomic E-state index is 0.492. The zero-order valence-corrected chi connectivity index (χ0v) is 13.7. The lowest BCUT2D eigenvalue weighted by molar-refractivity contribution is -0.642. The number of likely N-dealkylation sites (N-methyl/N-ethyl adjacent to an activating group) is 1. The molecule has 1 aromatic carbocycles. The topological polar surface area (TPSA) is 7.12 Å². The maximum absolute atomic E-state index is 2.39. The molecule has 1 fully saturated rings. The van der Waals surface area contributed by atoms with Gasteiger partial charge in [-0.1, -0.05) is 59.5 Å². The summed E-state index contributed by atoms with van der Waals surface area (Å²) in [5, 5.41) is 3.20. The van der Waals surface area contributed by atoms with Crippen molar-refractivity contribution < 1.29 is 4.57 Å². The summed E-state index contributed by atoms with van der Waals surface area (Å²) in [5.41, 5.74) is 1.30. The number of hydrogen-bond donors (Lipinski definition) is 0. The smallest absolute Gasteiger partial charge is 0.265 e. The normalized spacial score (nSPS) is 26.0. The van der Waals surface area contributed by atoms with Crippen LogP contribution >= 0.6 is 23.1 Å². The van der Waals surface area contributed by atoms with E-state index < -0.39 is 0 Å². The monoisotopic (exact) mass is 313 g/mol. The van der Waals surface area contributed by atoms with Crippen LogP contribution in [-0.2, 0) is 7.05 Å². The molecule has 4 heteroatoms. The summed E-state index contributed by atoms with van der Waals surface area (Å²) in [6.07, 6.45) is 11.2. The van der Waals surface area contributed by atoms with Crippen molar-refractivity contribution in [2.24, 2.45) is 7.05 Å². The summed E-state index contributed by atoms with van der Waals surface area (Å²) in [6.45, 7) is 0. The number of benzene rings is 1. The van der Waals surface area contributed by atoms with Crippen LogP contribution in [0.5, 0.6) is 0 Å². The van der Waals surface area contributed by atoms with Gasteiger partial charge in [-0.25, -0.2) is 0 Å². The molecule has 2 aromatic rings. The van der Waals surface area contributed by atoms with Gasteiger partial charge in [-0.3, -0.25) is 0 Å². The molecule has 0 N–H and O–H groups in total. The fourth-order valence-corrected chi connectivity index (χ4v) is 5.38. The SMILES string of the molecule is CN1C(=Cc2sc3ccccc3[n+]2C)SC2C=CC=CC21. The van der Waals surface area contributed by atoms with Crippen LogP contribution in [0.4, 0.5) is 0 Å². The van der Waals surface area contributed by atoms with Gasteiger partial charge in [0.25, 0.3) is 5.01 Å². The summed E-state index contributed by atoms with van der Waals surface area (Å²) >= 11 is 3.82. The first-order chi connectivity index (χ1) is 10.2. The Kier molecular flexibility index (Phi) is 3.16. The quantitative estimate of drug-likeness (QED) is 0.743. The Hall–Kier alpha value is -1.52. The summed E-state index contributed by atoms with van der Waals surface area (Å²) < 4.78 is 3.63. The lowest BCUT2D eigenvalue weighted by Crippen LogP contribution is -2.30. The molecule has 4 rings (SSSR count). The molecule has 1 saturated heterocycles. The highest BCUT2D eigenvalue weighted by Crippen LogP contribution is 2.41. The first-order valence-electron chi connectivity index (χ1n) is 7.08. The van der Waals surface area contributed by atoms with Crippen LogP contribution in [-0.4, -0.2) is 23.2 Å². The molecule has 2 heterocycles. The highest BCUT2D eigenvalue weighted by molar-refractivity contribution is 8.04. The van der Waals surface area contributed by atoms with Crippen LogP contribution in [0.1, 0.15) is 5.01 Å². The van der Waals surface area contributed by atoms with E-state index >= 15 is 0 Å². The predicted molar refractivity (Wildman–Crippen MR) is 92.2 cm³/mol. The molecule has 0 spiro atoms. The summed E-state index contributed by atoms with van der Waals surface area (Å²) in [5.74, 6) is 0. The average Bonchev–Trinajstić information content (AvgIpc) is 2.99. The van der Waals surface area contributed by atoms with Crippen molar-refractivity contribution in [1.82, 2.24) is 4.90 Å². The van der Waals surface area contributed by atoms with Gasteiger partial charge in [-0.05, 0) is 6.07 Å². The second-order valence-corrected chi connectivity index (χ2v) is 7.66. The molecular weight excluding hydrogens is 296 g/mol. The van der Waals surface area contributed by atoms with E-state index in [1.807, 2.05) is 23.1 Å². The predicted octanol–water partition coefficient (Wildman–Crippen LogP) is 3.57. The van der Waals surface area contributed by atoms with Gasteiger partial charge in [0.1, 0.15) is 11.7 Å². The standard InChI is InChI=1S/C17H17N2S2/c1-18-12-7-3-5-9-14(12)20-16(18)11-17-19(2)13-8-4-6-10-15(13)21-17/h3-12,14H,1-2H3/q+1. The average molecular weight is 313 g/mol. The molecule has 1 aromatic heterocycles. The van der Waals surface area contributed by atoms with Gasteiger partial charge in [0.15, 0.2) is 0 Å². The van der Waals surface area contributed by atoms with Crippen LogP contribution in [0, 0.1) is 0 Å². The number of thiazole rings is 1. The Morgan fingerprint density at radius 3 is 2.81 bits per heavy atom. The Bertz CT molecular complexity index is 785. The van der Waals surface area contributed by atoms with Crippen molar-refractivity contribution in [2.75, 3.05) is 7.05 Å². The third-order valence-corrected chi connectivity index (χ3v) is 6.65. The van der Waals surface area contributed by atoms with Gasteiger partial charge in [0, 0.05) is 13.1 Å². The molecule has 0 amide bonds. The van der Waals surface area contributed by atoms with Gasteiger partial charge in [0.05, 0.1) is 22.4 Å². The second-order valence-electron chi connectivity index (χ2n) is 5.40. The van der Waals surface area contributed by atoms with Crippen molar-refractivity contribution in [3.8, 4) is 0 Å². The third kappa shape index (κ3) is 2.14. The fraction of sp³-hybridized carbons (Fsp3) is 0.235. The lowest BCUT2D eigenvalue weighted by Gasteiger charge is -2.21. The number of allylic oxidation sites excluding steroid dienone is 2. The van der Waals surface area contributed by atoms with E-state index in [9.17, 15) is 0 Å². The van der Waals surface area contributed by atoms with E-state index in [0.717, 1.165) is 0 Å². The molecule has 106 valence electrons. The summed E-state index contributed by atoms with van der Waals surface area (Å²) in [4.78, 5) is 2.39. The Balaban J connectivity index is 1.75. The number of para-hydroxylation sites is 1. The molecule has 1 aliphatic carbocycles. The first-order valence-corrected chi connectivity index (χ1v) is 8.77. The molecular formula is C17H17N2S2+. The van der Waals surface area contributed by atoms with Crippen LogP contribution < -0.4 is 4.57 Å². The number of fused-ring (bicyclic) bond motifs is 2. The molecule has 1 aliphatic heterocycles. The van der Waals surface area contributed by atoms with Crippen molar-refractivity contribution >= 4 is 39.4 Å². The molecule has 0 radical (unpaired) electrons. The van der Waals surface area contributed by atoms with E-state index in [1.165, 1.54) is 20.3 Å². The van der Waals surface area contributed by atoms with Crippen LogP contribution in [0.2, 0.25) is 0 Å². The molecule has 2 atom stereocenters. The van der Waals surface area contributed by atoms with Gasteiger partial charge >= 0.3 is 0 Å². The Morgan fingerprint density at radius 1 is 1.19 bits per heavy atom. The molecule has 0 saturated carbocycles. The number of nitrogens with zero attached hydrogens (tertiary/aromatic N) is 2. The Labute approximate surface area is 133 Å². The molecule has 2 aliphatic rings. The minimum Gasteiger partial charge on any atom is -0.361 e. The molecule has 0 bridgehead atoms. The molecule has 21 heavy (non-hydrogen) atoms. The first kappa shape index (κ1) is 13.2. The number of rotatable bonds is 1. The number of aromatic nitrogens is 1. The minimum atomic E-state index is 0.492. The largest absolute Gasteiger partial charge is 0.361 e. The molecule has 2 nitrogen and oxygen atoms in total. The van der Waals surface area contributed by atoms with Crippen LogP contribution in [0.3, 0.4) is 0 Å².